The van der Waals surface area contributed by atoms with Crippen LogP contribution in [0.25, 0.3) is 11.5 Å². The van der Waals surface area contributed by atoms with Crippen molar-refractivity contribution in [3.63, 3.8) is 0 Å². The minimum atomic E-state index is -0.256. The van der Waals surface area contributed by atoms with Gasteiger partial charge in [-0.05, 0) is 50.1 Å². The molecular formula is C24H26ClN5O3. The van der Waals surface area contributed by atoms with E-state index in [1.165, 1.54) is 6.20 Å². The van der Waals surface area contributed by atoms with Crippen molar-refractivity contribution >= 4 is 23.2 Å². The van der Waals surface area contributed by atoms with Gasteiger partial charge in [-0.2, -0.15) is 4.98 Å². The van der Waals surface area contributed by atoms with Crippen LogP contribution in [0.15, 0.2) is 57.1 Å². The Bertz CT molecular complexity index is 1140. The van der Waals surface area contributed by atoms with E-state index >= 15 is 0 Å². The summed E-state index contributed by atoms with van der Waals surface area (Å²) in [6.07, 6.45) is 1.99. The third kappa shape index (κ3) is 5.57. The van der Waals surface area contributed by atoms with Gasteiger partial charge in [0.25, 0.3) is 5.89 Å². The topological polar surface area (TPSA) is 95.0 Å². The van der Waals surface area contributed by atoms with Crippen LogP contribution in [0, 0.1) is 5.92 Å². The Hall–Kier alpha value is -3.26. The molecule has 1 aliphatic rings. The number of aliphatic imine (C=N–C) groups is 2. The minimum absolute atomic E-state index is 0.0347. The average Bonchev–Trinajstić information content (AvgIpc) is 3.26. The van der Waals surface area contributed by atoms with Crippen molar-refractivity contribution in [3.05, 3.63) is 53.4 Å². The molecule has 3 heterocycles. The van der Waals surface area contributed by atoms with E-state index in [0.717, 1.165) is 11.3 Å². The van der Waals surface area contributed by atoms with E-state index in [4.69, 9.17) is 35.6 Å². The number of nitrogens with zero attached hydrogens (tertiary/aromatic N) is 5. The fourth-order valence-electron chi connectivity index (χ4n) is 3.58. The van der Waals surface area contributed by atoms with Crippen molar-refractivity contribution in [2.75, 3.05) is 6.61 Å². The molecule has 33 heavy (non-hydrogen) atoms. The molecule has 0 fully saturated rings. The molecule has 2 atom stereocenters. The number of rotatable bonds is 7. The molecule has 0 aliphatic carbocycles. The Morgan fingerprint density at radius 3 is 2.55 bits per heavy atom. The molecule has 9 heteroatoms. The summed E-state index contributed by atoms with van der Waals surface area (Å²) < 4.78 is 17.0. The molecule has 2 aromatic heterocycles. The van der Waals surface area contributed by atoms with Crippen molar-refractivity contribution in [2.45, 2.75) is 46.2 Å². The van der Waals surface area contributed by atoms with Crippen LogP contribution in [0.2, 0.25) is 5.02 Å². The van der Waals surface area contributed by atoms with Crippen LogP contribution in [0.1, 0.15) is 33.5 Å². The minimum Gasteiger partial charge on any atom is -0.480 e. The van der Waals surface area contributed by atoms with Gasteiger partial charge in [-0.15, -0.1) is 0 Å². The zero-order valence-electron chi connectivity index (χ0n) is 19.0. The molecule has 0 saturated carbocycles. The van der Waals surface area contributed by atoms with E-state index in [9.17, 15) is 0 Å². The number of hydrogen-bond donors (Lipinski definition) is 0. The summed E-state index contributed by atoms with van der Waals surface area (Å²) in [5.41, 5.74) is 1.78. The van der Waals surface area contributed by atoms with E-state index in [1.54, 1.807) is 12.1 Å². The van der Waals surface area contributed by atoms with Gasteiger partial charge in [-0.25, -0.2) is 9.98 Å². The molecule has 172 valence electrons. The van der Waals surface area contributed by atoms with Gasteiger partial charge in [0.1, 0.15) is 11.8 Å². The van der Waals surface area contributed by atoms with E-state index in [1.807, 2.05) is 38.1 Å². The lowest BCUT2D eigenvalue weighted by atomic mass is 9.98. The Balaban J connectivity index is 1.45. The van der Waals surface area contributed by atoms with Crippen LogP contribution < -0.4 is 4.74 Å². The first-order chi connectivity index (χ1) is 15.9. The van der Waals surface area contributed by atoms with Gasteiger partial charge in [0, 0.05) is 30.0 Å². The SMILES string of the molecule is CCOC1=N[C@H](C(C)C)C(C)=N[C@H]1Cc1noc(-c2ccc(Oc3ccc(Cl)cn3)cc2)n1. The summed E-state index contributed by atoms with van der Waals surface area (Å²) in [4.78, 5) is 18.3. The molecule has 0 bridgehead atoms. The van der Waals surface area contributed by atoms with Crippen LogP contribution in [0.3, 0.4) is 0 Å². The second-order valence-corrected chi connectivity index (χ2v) is 8.47. The molecule has 0 radical (unpaired) electrons. The van der Waals surface area contributed by atoms with Crippen molar-refractivity contribution < 1.29 is 14.0 Å². The Labute approximate surface area is 197 Å². The number of aromatic nitrogens is 3. The van der Waals surface area contributed by atoms with Crippen LogP contribution in [0.4, 0.5) is 0 Å². The van der Waals surface area contributed by atoms with E-state index < -0.39 is 0 Å². The number of hydrogen-bond acceptors (Lipinski definition) is 8. The Morgan fingerprint density at radius 2 is 1.88 bits per heavy atom. The number of halogens is 1. The standard InChI is InChI=1S/C24H26ClN5O3/c1-5-31-24-19(27-15(4)22(29-24)14(2)3)12-20-28-23(33-30-20)16-6-9-18(10-7-16)32-21-11-8-17(25)13-26-21/h6-11,13-14,19,22H,5,12H2,1-4H3/t19-,22+/m0/s1. The quantitative estimate of drug-likeness (QED) is 0.460. The van der Waals surface area contributed by atoms with Gasteiger partial charge < -0.3 is 14.0 Å². The lowest BCUT2D eigenvalue weighted by Gasteiger charge is -2.26. The summed E-state index contributed by atoms with van der Waals surface area (Å²) in [6, 6.07) is 10.5. The first kappa shape index (κ1) is 22.9. The van der Waals surface area contributed by atoms with Crippen molar-refractivity contribution in [1.29, 1.82) is 0 Å². The molecule has 0 saturated heterocycles. The highest BCUT2D eigenvalue weighted by Crippen LogP contribution is 2.25. The van der Waals surface area contributed by atoms with E-state index in [2.05, 4.69) is 29.0 Å². The monoisotopic (exact) mass is 467 g/mol. The average molecular weight is 468 g/mol. The fourth-order valence-corrected chi connectivity index (χ4v) is 3.69. The molecule has 8 nitrogen and oxygen atoms in total. The van der Waals surface area contributed by atoms with Gasteiger partial charge >= 0.3 is 0 Å². The smallest absolute Gasteiger partial charge is 0.257 e. The summed E-state index contributed by atoms with van der Waals surface area (Å²) in [6.45, 7) is 8.74. The molecule has 1 aliphatic heterocycles. The summed E-state index contributed by atoms with van der Waals surface area (Å²) in [7, 11) is 0. The highest BCUT2D eigenvalue weighted by Gasteiger charge is 2.29. The zero-order valence-corrected chi connectivity index (χ0v) is 19.8. The van der Waals surface area contributed by atoms with Gasteiger partial charge in [0.2, 0.25) is 11.8 Å². The summed E-state index contributed by atoms with van der Waals surface area (Å²) >= 11 is 5.85. The first-order valence-corrected chi connectivity index (χ1v) is 11.3. The predicted molar refractivity (Wildman–Crippen MR) is 127 cm³/mol. The Morgan fingerprint density at radius 1 is 1.09 bits per heavy atom. The predicted octanol–water partition coefficient (Wildman–Crippen LogP) is 5.42. The van der Waals surface area contributed by atoms with Gasteiger partial charge in [-0.1, -0.05) is 30.6 Å². The Kier molecular flexibility index (Phi) is 7.03. The molecule has 0 spiro atoms. The normalized spacial score (nSPS) is 18.1. The van der Waals surface area contributed by atoms with Crippen LogP contribution >= 0.6 is 11.6 Å². The lowest BCUT2D eigenvalue weighted by molar-refractivity contribution is 0.303. The molecular weight excluding hydrogens is 442 g/mol. The largest absolute Gasteiger partial charge is 0.480 e. The van der Waals surface area contributed by atoms with Crippen molar-refractivity contribution in [3.8, 4) is 23.1 Å². The highest BCUT2D eigenvalue weighted by molar-refractivity contribution is 6.30. The highest BCUT2D eigenvalue weighted by atomic mass is 35.5. The summed E-state index contributed by atoms with van der Waals surface area (Å²) in [5.74, 6) is 3.05. The van der Waals surface area contributed by atoms with E-state index in [0.29, 0.717) is 53.2 Å². The third-order valence-corrected chi connectivity index (χ3v) is 5.35. The first-order valence-electron chi connectivity index (χ1n) is 10.9. The van der Waals surface area contributed by atoms with E-state index in [-0.39, 0.29) is 12.1 Å². The van der Waals surface area contributed by atoms with Crippen molar-refractivity contribution in [1.82, 2.24) is 15.1 Å². The number of benzene rings is 1. The maximum atomic E-state index is 5.85. The molecule has 3 aromatic rings. The lowest BCUT2D eigenvalue weighted by Crippen LogP contribution is -2.37. The molecule has 0 unspecified atom stereocenters. The number of ether oxygens (including phenoxy) is 2. The molecule has 4 rings (SSSR count). The zero-order chi connectivity index (χ0) is 23.4. The molecule has 1 aromatic carbocycles. The van der Waals surface area contributed by atoms with Crippen molar-refractivity contribution in [2.24, 2.45) is 15.9 Å². The second-order valence-electron chi connectivity index (χ2n) is 8.04. The maximum absolute atomic E-state index is 5.85. The van der Waals surface area contributed by atoms with Crippen LogP contribution in [0.5, 0.6) is 11.6 Å². The molecule has 0 amide bonds. The second kappa shape index (κ2) is 10.1. The van der Waals surface area contributed by atoms with Gasteiger partial charge in [0.05, 0.1) is 17.7 Å². The van der Waals surface area contributed by atoms with Gasteiger partial charge in [-0.3, -0.25) is 4.99 Å². The van der Waals surface area contributed by atoms with Crippen LogP contribution in [-0.2, 0) is 11.2 Å². The molecule has 0 N–H and O–H groups in total. The van der Waals surface area contributed by atoms with Gasteiger partial charge in [0.15, 0.2) is 5.82 Å². The maximum Gasteiger partial charge on any atom is 0.257 e. The fraction of sp³-hybridized carbons (Fsp3) is 0.375. The third-order valence-electron chi connectivity index (χ3n) is 5.13. The summed E-state index contributed by atoms with van der Waals surface area (Å²) in [5, 5.41) is 4.69. The number of pyridine rings is 1. The van der Waals surface area contributed by atoms with Crippen LogP contribution in [-0.4, -0.2) is 45.4 Å².